The number of carbonyl (C=O) groups is 1. The molecule has 2 aromatic rings. The van der Waals surface area contributed by atoms with Crippen LogP contribution in [0.1, 0.15) is 0 Å². The van der Waals surface area contributed by atoms with Crippen LogP contribution in [0.4, 0.5) is 11.4 Å². The van der Waals surface area contributed by atoms with Crippen molar-refractivity contribution in [3.63, 3.8) is 0 Å². The number of halogens is 3. The molecule has 0 bridgehead atoms. The Labute approximate surface area is 158 Å². The molecule has 1 N–H and O–H groups in total. The molecule has 0 aromatic heterocycles. The van der Waals surface area contributed by atoms with Gasteiger partial charge in [0.25, 0.3) is 0 Å². The quantitative estimate of drug-likeness (QED) is 0.741. The molecule has 0 radical (unpaired) electrons. The highest BCUT2D eigenvalue weighted by Crippen LogP contribution is 2.28. The molecular formula is C15H13BrCl2N2O3S. The number of hydrogen-bond donors (Lipinski definition) is 1. The number of hydrogen-bond acceptors (Lipinski definition) is 3. The molecule has 0 saturated carbocycles. The van der Waals surface area contributed by atoms with Crippen molar-refractivity contribution in [1.29, 1.82) is 0 Å². The van der Waals surface area contributed by atoms with Crippen molar-refractivity contribution in [3.8, 4) is 0 Å². The Morgan fingerprint density at radius 2 is 1.88 bits per heavy atom. The summed E-state index contributed by atoms with van der Waals surface area (Å²) in [6.45, 7) is -0.399. The second kappa shape index (κ2) is 7.74. The third-order valence-corrected chi connectivity index (χ3v) is 5.37. The first kappa shape index (κ1) is 19.1. The van der Waals surface area contributed by atoms with Crippen LogP contribution < -0.4 is 9.62 Å². The summed E-state index contributed by atoms with van der Waals surface area (Å²) >= 11 is 15.2. The Hall–Kier alpha value is -1.28. The summed E-state index contributed by atoms with van der Waals surface area (Å²) in [6.07, 6.45) is 1.03. The fourth-order valence-corrected chi connectivity index (χ4v) is 3.77. The number of rotatable bonds is 5. The van der Waals surface area contributed by atoms with E-state index < -0.39 is 22.5 Å². The van der Waals surface area contributed by atoms with Gasteiger partial charge < -0.3 is 5.32 Å². The fourth-order valence-electron chi connectivity index (χ4n) is 1.95. The van der Waals surface area contributed by atoms with Crippen molar-refractivity contribution < 1.29 is 13.2 Å². The maximum absolute atomic E-state index is 12.3. The number of carbonyl (C=O) groups excluding carboxylic acids is 1. The van der Waals surface area contributed by atoms with E-state index in [1.165, 1.54) is 6.07 Å². The lowest BCUT2D eigenvalue weighted by molar-refractivity contribution is -0.114. The number of sulfonamides is 1. The van der Waals surface area contributed by atoms with Gasteiger partial charge in [-0.2, -0.15) is 0 Å². The average Bonchev–Trinajstić information content (AvgIpc) is 2.48. The molecule has 0 aliphatic rings. The molecule has 2 aromatic carbocycles. The predicted molar refractivity (Wildman–Crippen MR) is 101 cm³/mol. The molecular weight excluding hydrogens is 439 g/mol. The van der Waals surface area contributed by atoms with Gasteiger partial charge in [0.05, 0.1) is 22.7 Å². The molecule has 0 heterocycles. The number of amides is 1. The number of nitrogens with one attached hydrogen (secondary N) is 1. The maximum Gasteiger partial charge on any atom is 0.245 e. The lowest BCUT2D eigenvalue weighted by Crippen LogP contribution is -2.37. The van der Waals surface area contributed by atoms with Crippen LogP contribution in [-0.4, -0.2) is 27.1 Å². The van der Waals surface area contributed by atoms with Crippen molar-refractivity contribution in [2.24, 2.45) is 0 Å². The number of anilines is 2. The Morgan fingerprint density at radius 3 is 2.50 bits per heavy atom. The van der Waals surface area contributed by atoms with Crippen LogP contribution in [0, 0.1) is 0 Å². The Morgan fingerprint density at radius 1 is 1.21 bits per heavy atom. The van der Waals surface area contributed by atoms with Crippen LogP contribution in [0.15, 0.2) is 46.9 Å². The number of para-hydroxylation sites is 1. The first-order valence-electron chi connectivity index (χ1n) is 6.65. The summed E-state index contributed by atoms with van der Waals surface area (Å²) in [7, 11) is -3.66. The lowest BCUT2D eigenvalue weighted by Gasteiger charge is -2.23. The molecule has 24 heavy (non-hydrogen) atoms. The zero-order chi connectivity index (χ0) is 17.9. The third kappa shape index (κ3) is 4.86. The van der Waals surface area contributed by atoms with Crippen LogP contribution in [0.5, 0.6) is 0 Å². The largest absolute Gasteiger partial charge is 0.323 e. The second-order valence-electron chi connectivity index (χ2n) is 4.89. The third-order valence-electron chi connectivity index (χ3n) is 3.01. The van der Waals surface area contributed by atoms with Crippen molar-refractivity contribution in [2.45, 2.75) is 0 Å². The van der Waals surface area contributed by atoms with E-state index in [0.717, 1.165) is 10.6 Å². The van der Waals surface area contributed by atoms with Gasteiger partial charge in [0.1, 0.15) is 6.54 Å². The minimum atomic E-state index is -3.66. The van der Waals surface area contributed by atoms with Crippen molar-refractivity contribution in [2.75, 3.05) is 22.4 Å². The normalized spacial score (nSPS) is 11.2. The molecule has 5 nitrogen and oxygen atoms in total. The molecule has 0 saturated heterocycles. The van der Waals surface area contributed by atoms with Gasteiger partial charge in [-0.25, -0.2) is 8.42 Å². The summed E-state index contributed by atoms with van der Waals surface area (Å²) in [5.74, 6) is -0.541. The molecule has 1 amide bonds. The molecule has 0 spiro atoms. The highest BCUT2D eigenvalue weighted by molar-refractivity contribution is 9.10. The van der Waals surface area contributed by atoms with Crippen LogP contribution >= 0.6 is 39.1 Å². The molecule has 0 aliphatic carbocycles. The van der Waals surface area contributed by atoms with Gasteiger partial charge >= 0.3 is 0 Å². The van der Waals surface area contributed by atoms with E-state index in [-0.39, 0.29) is 0 Å². The molecule has 0 aliphatic heterocycles. The monoisotopic (exact) mass is 450 g/mol. The van der Waals surface area contributed by atoms with E-state index in [1.807, 2.05) is 0 Å². The first-order valence-corrected chi connectivity index (χ1v) is 10.1. The zero-order valence-electron chi connectivity index (χ0n) is 12.5. The fraction of sp³-hybridized carbons (Fsp3) is 0.133. The van der Waals surface area contributed by atoms with Gasteiger partial charge in [0, 0.05) is 9.50 Å². The Bertz CT molecular complexity index is 875. The van der Waals surface area contributed by atoms with Crippen LogP contribution in [-0.2, 0) is 14.8 Å². The second-order valence-corrected chi connectivity index (χ2v) is 8.50. The minimum absolute atomic E-state index is 0.305. The van der Waals surface area contributed by atoms with Crippen LogP contribution in [0.3, 0.4) is 0 Å². The summed E-state index contributed by atoms with van der Waals surface area (Å²) in [6, 6.07) is 11.4. The summed E-state index contributed by atoms with van der Waals surface area (Å²) in [4.78, 5) is 12.3. The lowest BCUT2D eigenvalue weighted by atomic mass is 10.3. The van der Waals surface area contributed by atoms with Gasteiger partial charge in [-0.05, 0) is 46.3 Å². The first-order chi connectivity index (χ1) is 11.2. The van der Waals surface area contributed by atoms with E-state index in [2.05, 4.69) is 21.2 Å². The maximum atomic E-state index is 12.3. The molecule has 9 heteroatoms. The van der Waals surface area contributed by atoms with Crippen molar-refractivity contribution in [3.05, 3.63) is 57.0 Å². The number of nitrogens with zero attached hydrogens (tertiary/aromatic N) is 1. The smallest absolute Gasteiger partial charge is 0.245 e. The van der Waals surface area contributed by atoms with E-state index in [9.17, 15) is 13.2 Å². The summed E-state index contributed by atoms with van der Waals surface area (Å²) < 4.78 is 25.7. The van der Waals surface area contributed by atoms with E-state index >= 15 is 0 Å². The Balaban J connectivity index is 2.26. The highest BCUT2D eigenvalue weighted by atomic mass is 79.9. The molecule has 0 unspecified atom stereocenters. The average molecular weight is 452 g/mol. The standard InChI is InChI=1S/C15H13BrCl2N2O3S/c1-24(22,23)20(14-5-3-2-4-11(14)16)9-15(21)19-13-8-10(17)6-7-12(13)18/h2-8H,9H2,1H3,(H,19,21). The van der Waals surface area contributed by atoms with E-state index in [0.29, 0.717) is 25.9 Å². The summed E-state index contributed by atoms with van der Waals surface area (Å²) in [5.41, 5.74) is 0.682. The van der Waals surface area contributed by atoms with Gasteiger partial charge in [-0.1, -0.05) is 35.3 Å². The molecule has 2 rings (SSSR count). The van der Waals surface area contributed by atoms with Crippen molar-refractivity contribution in [1.82, 2.24) is 0 Å². The molecule has 0 fully saturated rings. The molecule has 128 valence electrons. The van der Waals surface area contributed by atoms with Gasteiger partial charge in [-0.3, -0.25) is 9.10 Å². The van der Waals surface area contributed by atoms with Gasteiger partial charge in [0.2, 0.25) is 15.9 Å². The highest BCUT2D eigenvalue weighted by Gasteiger charge is 2.23. The minimum Gasteiger partial charge on any atom is -0.323 e. The van der Waals surface area contributed by atoms with Gasteiger partial charge in [0.15, 0.2) is 0 Å². The SMILES string of the molecule is CS(=O)(=O)N(CC(=O)Nc1cc(Cl)ccc1Cl)c1ccccc1Br. The van der Waals surface area contributed by atoms with Crippen LogP contribution in [0.25, 0.3) is 0 Å². The van der Waals surface area contributed by atoms with Gasteiger partial charge in [-0.15, -0.1) is 0 Å². The van der Waals surface area contributed by atoms with Crippen LogP contribution in [0.2, 0.25) is 10.0 Å². The van der Waals surface area contributed by atoms with E-state index in [1.54, 1.807) is 36.4 Å². The number of benzene rings is 2. The topological polar surface area (TPSA) is 66.5 Å². The predicted octanol–water partition coefficient (Wildman–Crippen LogP) is 4.16. The molecule has 0 atom stereocenters. The van der Waals surface area contributed by atoms with Crippen molar-refractivity contribution >= 4 is 66.4 Å². The van der Waals surface area contributed by atoms with E-state index in [4.69, 9.17) is 23.2 Å². The Kier molecular flexibility index (Phi) is 6.14. The summed E-state index contributed by atoms with van der Waals surface area (Å²) in [5, 5.41) is 3.27. The zero-order valence-corrected chi connectivity index (χ0v) is 16.4.